The lowest BCUT2D eigenvalue weighted by Crippen LogP contribution is -2.29. The number of methoxy groups -OCH3 is 1. The number of nitrogens with one attached hydrogen (secondary N) is 1. The topological polar surface area (TPSA) is 100 Å². The van der Waals surface area contributed by atoms with E-state index in [0.29, 0.717) is 31.5 Å². The van der Waals surface area contributed by atoms with Crippen molar-refractivity contribution in [1.29, 1.82) is 0 Å². The van der Waals surface area contributed by atoms with Crippen molar-refractivity contribution in [3.63, 3.8) is 0 Å². The standard InChI is InChI=1S/C21H25N5O4S/c1-3-29-18-8-10-19(11-9-18)30-13-12-22-20(27)15-31-21-23-24-25-26(21)14-16-4-6-17(28-2)7-5-16/h4-11H,3,12-15H2,1-2H3,(H,22,27). The van der Waals surface area contributed by atoms with Crippen molar-refractivity contribution >= 4 is 17.7 Å². The van der Waals surface area contributed by atoms with Gasteiger partial charge in [0.25, 0.3) is 0 Å². The number of thioether (sulfide) groups is 1. The average molecular weight is 444 g/mol. The molecule has 31 heavy (non-hydrogen) atoms. The fourth-order valence-electron chi connectivity index (χ4n) is 2.64. The number of hydrogen-bond acceptors (Lipinski definition) is 8. The van der Waals surface area contributed by atoms with Crippen molar-refractivity contribution in [1.82, 2.24) is 25.5 Å². The lowest BCUT2D eigenvalue weighted by atomic mass is 10.2. The van der Waals surface area contributed by atoms with Gasteiger partial charge in [0.05, 0.1) is 32.6 Å². The predicted molar refractivity (Wildman–Crippen MR) is 117 cm³/mol. The molecular weight excluding hydrogens is 418 g/mol. The van der Waals surface area contributed by atoms with Crippen LogP contribution >= 0.6 is 11.8 Å². The Hall–Kier alpha value is -3.27. The first-order valence-corrected chi connectivity index (χ1v) is 10.8. The van der Waals surface area contributed by atoms with E-state index >= 15 is 0 Å². The fourth-order valence-corrected chi connectivity index (χ4v) is 3.35. The quantitative estimate of drug-likeness (QED) is 0.336. The number of hydrogen-bond donors (Lipinski definition) is 1. The van der Waals surface area contributed by atoms with Crippen LogP contribution in [0.3, 0.4) is 0 Å². The Morgan fingerprint density at radius 2 is 1.71 bits per heavy atom. The van der Waals surface area contributed by atoms with Crippen molar-refractivity contribution in [3.05, 3.63) is 54.1 Å². The average Bonchev–Trinajstić information content (AvgIpc) is 3.24. The van der Waals surface area contributed by atoms with Crippen molar-refractivity contribution in [3.8, 4) is 17.2 Å². The number of aromatic nitrogens is 4. The molecule has 0 aliphatic carbocycles. The minimum absolute atomic E-state index is 0.112. The zero-order valence-electron chi connectivity index (χ0n) is 17.5. The van der Waals surface area contributed by atoms with Gasteiger partial charge < -0.3 is 19.5 Å². The number of nitrogens with zero attached hydrogens (tertiary/aromatic N) is 4. The van der Waals surface area contributed by atoms with Crippen LogP contribution in [0, 0.1) is 0 Å². The summed E-state index contributed by atoms with van der Waals surface area (Å²) in [5.74, 6) is 2.42. The summed E-state index contributed by atoms with van der Waals surface area (Å²) in [4.78, 5) is 12.1. The van der Waals surface area contributed by atoms with Crippen LogP contribution in [0.25, 0.3) is 0 Å². The van der Waals surface area contributed by atoms with Gasteiger partial charge in [0.15, 0.2) is 0 Å². The molecule has 3 rings (SSSR count). The summed E-state index contributed by atoms with van der Waals surface area (Å²) in [6.07, 6.45) is 0. The van der Waals surface area contributed by atoms with Crippen LogP contribution in [-0.2, 0) is 11.3 Å². The van der Waals surface area contributed by atoms with Crippen LogP contribution in [-0.4, -0.2) is 58.7 Å². The van der Waals surface area contributed by atoms with Crippen molar-refractivity contribution in [2.75, 3.05) is 32.6 Å². The van der Waals surface area contributed by atoms with Crippen molar-refractivity contribution < 1.29 is 19.0 Å². The van der Waals surface area contributed by atoms with Gasteiger partial charge in [-0.1, -0.05) is 23.9 Å². The summed E-state index contributed by atoms with van der Waals surface area (Å²) in [6, 6.07) is 15.0. The van der Waals surface area contributed by atoms with E-state index in [0.717, 1.165) is 22.8 Å². The van der Waals surface area contributed by atoms with Gasteiger partial charge in [-0.2, -0.15) is 0 Å². The molecule has 0 bridgehead atoms. The lowest BCUT2D eigenvalue weighted by molar-refractivity contribution is -0.118. The van der Waals surface area contributed by atoms with E-state index in [9.17, 15) is 4.79 Å². The molecule has 0 aliphatic heterocycles. The van der Waals surface area contributed by atoms with E-state index in [1.807, 2.05) is 55.5 Å². The minimum Gasteiger partial charge on any atom is -0.497 e. The van der Waals surface area contributed by atoms with Crippen LogP contribution in [0.1, 0.15) is 12.5 Å². The zero-order chi connectivity index (χ0) is 21.9. The molecule has 10 heteroatoms. The van der Waals surface area contributed by atoms with E-state index in [4.69, 9.17) is 14.2 Å². The highest BCUT2D eigenvalue weighted by Gasteiger charge is 2.10. The number of amides is 1. The van der Waals surface area contributed by atoms with Gasteiger partial charge in [-0.3, -0.25) is 4.79 Å². The first-order chi connectivity index (χ1) is 15.2. The second-order valence-corrected chi connectivity index (χ2v) is 7.30. The number of carbonyl (C=O) groups is 1. The van der Waals surface area contributed by atoms with E-state index in [1.165, 1.54) is 11.8 Å². The molecule has 0 saturated carbocycles. The highest BCUT2D eigenvalue weighted by molar-refractivity contribution is 7.99. The SMILES string of the molecule is CCOc1ccc(OCCNC(=O)CSc2nnnn2Cc2ccc(OC)cc2)cc1. The third-order valence-electron chi connectivity index (χ3n) is 4.15. The number of ether oxygens (including phenoxy) is 3. The molecule has 0 fully saturated rings. The lowest BCUT2D eigenvalue weighted by Gasteiger charge is -2.09. The Morgan fingerprint density at radius 3 is 2.39 bits per heavy atom. The Kier molecular flexibility index (Phi) is 8.53. The first-order valence-electron chi connectivity index (χ1n) is 9.82. The highest BCUT2D eigenvalue weighted by Crippen LogP contribution is 2.18. The van der Waals surface area contributed by atoms with E-state index in [2.05, 4.69) is 20.8 Å². The van der Waals surface area contributed by atoms with E-state index in [1.54, 1.807) is 11.8 Å². The Morgan fingerprint density at radius 1 is 1.03 bits per heavy atom. The molecule has 0 spiro atoms. The molecule has 2 aromatic carbocycles. The zero-order valence-corrected chi connectivity index (χ0v) is 18.3. The maximum atomic E-state index is 12.1. The molecule has 0 saturated heterocycles. The van der Waals surface area contributed by atoms with Crippen LogP contribution in [0.5, 0.6) is 17.2 Å². The van der Waals surface area contributed by atoms with Crippen molar-refractivity contribution in [2.45, 2.75) is 18.6 Å². The number of benzene rings is 2. The maximum absolute atomic E-state index is 12.1. The summed E-state index contributed by atoms with van der Waals surface area (Å²) < 4.78 is 17.8. The van der Waals surface area contributed by atoms with Crippen LogP contribution in [0.15, 0.2) is 53.7 Å². The normalized spacial score (nSPS) is 10.5. The van der Waals surface area contributed by atoms with Gasteiger partial charge >= 0.3 is 0 Å². The predicted octanol–water partition coefficient (Wildman–Crippen LogP) is 2.42. The molecule has 1 heterocycles. The van der Waals surface area contributed by atoms with E-state index in [-0.39, 0.29) is 11.7 Å². The van der Waals surface area contributed by atoms with Gasteiger partial charge in [-0.05, 0) is 59.3 Å². The smallest absolute Gasteiger partial charge is 0.230 e. The Labute approximate surface area is 185 Å². The molecule has 164 valence electrons. The first kappa shape index (κ1) is 22.4. The number of rotatable bonds is 12. The second kappa shape index (κ2) is 11.8. The molecule has 0 radical (unpaired) electrons. The molecule has 3 aromatic rings. The van der Waals surface area contributed by atoms with Crippen LogP contribution < -0.4 is 19.5 Å². The van der Waals surface area contributed by atoms with Crippen LogP contribution in [0.2, 0.25) is 0 Å². The van der Waals surface area contributed by atoms with Crippen LogP contribution in [0.4, 0.5) is 0 Å². The third kappa shape index (κ3) is 7.18. The molecule has 0 aliphatic rings. The number of carbonyl (C=O) groups excluding carboxylic acids is 1. The number of tetrazole rings is 1. The molecule has 1 N–H and O–H groups in total. The van der Waals surface area contributed by atoms with Gasteiger partial charge in [-0.25, -0.2) is 4.68 Å². The third-order valence-corrected chi connectivity index (χ3v) is 5.11. The van der Waals surface area contributed by atoms with Gasteiger partial charge in [-0.15, -0.1) is 5.10 Å². The van der Waals surface area contributed by atoms with Crippen molar-refractivity contribution in [2.24, 2.45) is 0 Å². The second-order valence-electron chi connectivity index (χ2n) is 6.36. The highest BCUT2D eigenvalue weighted by atomic mass is 32.2. The summed E-state index contributed by atoms with van der Waals surface area (Å²) in [5.41, 5.74) is 1.03. The molecule has 0 unspecified atom stereocenters. The maximum Gasteiger partial charge on any atom is 0.230 e. The Bertz CT molecular complexity index is 947. The minimum atomic E-state index is -0.112. The van der Waals surface area contributed by atoms with Gasteiger partial charge in [0.2, 0.25) is 11.1 Å². The molecular formula is C21H25N5O4S. The summed E-state index contributed by atoms with van der Waals surface area (Å²) in [5, 5.41) is 15.1. The fraction of sp³-hybridized carbons (Fsp3) is 0.333. The summed E-state index contributed by atoms with van der Waals surface area (Å²) in [6.45, 7) is 3.85. The molecule has 1 amide bonds. The molecule has 1 aromatic heterocycles. The Balaban J connectivity index is 1.37. The van der Waals surface area contributed by atoms with Gasteiger partial charge in [0.1, 0.15) is 23.9 Å². The summed E-state index contributed by atoms with van der Waals surface area (Å²) in [7, 11) is 1.63. The largest absolute Gasteiger partial charge is 0.497 e. The molecule has 9 nitrogen and oxygen atoms in total. The van der Waals surface area contributed by atoms with E-state index < -0.39 is 0 Å². The van der Waals surface area contributed by atoms with Gasteiger partial charge in [0, 0.05) is 0 Å². The summed E-state index contributed by atoms with van der Waals surface area (Å²) >= 11 is 1.28. The monoisotopic (exact) mass is 443 g/mol. The molecule has 0 atom stereocenters.